The third-order valence-corrected chi connectivity index (χ3v) is 1.83. The van der Waals surface area contributed by atoms with Crippen molar-refractivity contribution in [1.29, 1.82) is 0 Å². The Balaban J connectivity index is 2.51. The molecule has 1 heterocycles. The first-order valence-electron chi connectivity index (χ1n) is 4.91. The van der Waals surface area contributed by atoms with Gasteiger partial charge in [0.2, 0.25) is 5.95 Å². The minimum atomic E-state index is 0.476. The van der Waals surface area contributed by atoms with Gasteiger partial charge in [-0.25, -0.2) is 9.97 Å². The number of hydrogen-bond donors (Lipinski definition) is 0. The fourth-order valence-electron chi connectivity index (χ4n) is 1.04. The number of rotatable bonds is 5. The quantitative estimate of drug-likeness (QED) is 0.329. The van der Waals surface area contributed by atoms with Gasteiger partial charge >= 0.3 is 0 Å². The second-order valence-corrected chi connectivity index (χ2v) is 3.36. The summed E-state index contributed by atoms with van der Waals surface area (Å²) in [7, 11) is 3.79. The van der Waals surface area contributed by atoms with E-state index in [0.717, 1.165) is 12.0 Å². The lowest BCUT2D eigenvalue weighted by Gasteiger charge is -2.08. The molecule has 0 radical (unpaired) electrons. The lowest BCUT2D eigenvalue weighted by atomic mass is 10.3. The van der Waals surface area contributed by atoms with Crippen molar-refractivity contribution in [2.24, 2.45) is 5.11 Å². The van der Waals surface area contributed by atoms with E-state index in [1.165, 1.54) is 0 Å². The lowest BCUT2D eigenvalue weighted by molar-refractivity contribution is 0.989. The van der Waals surface area contributed by atoms with Crippen LogP contribution in [0.4, 0.5) is 5.95 Å². The molecule has 1 aromatic heterocycles. The summed E-state index contributed by atoms with van der Waals surface area (Å²) < 4.78 is 0. The van der Waals surface area contributed by atoms with Gasteiger partial charge in [-0.1, -0.05) is 17.3 Å². The number of aromatic nitrogens is 2. The fraction of sp³-hybridized carbons (Fsp3) is 0.400. The molecule has 0 aliphatic carbocycles. The predicted octanol–water partition coefficient (Wildman–Crippen LogP) is 2.26. The molecule has 0 aliphatic rings. The molecule has 0 unspecified atom stereocenters. The topological polar surface area (TPSA) is 77.8 Å². The van der Waals surface area contributed by atoms with Gasteiger partial charge in [-0.15, -0.1) is 0 Å². The minimum absolute atomic E-state index is 0.476. The first-order chi connectivity index (χ1) is 7.74. The largest absolute Gasteiger partial charge is 0.347 e. The zero-order valence-electron chi connectivity index (χ0n) is 9.41. The summed E-state index contributed by atoms with van der Waals surface area (Å²) >= 11 is 0. The van der Waals surface area contributed by atoms with Crippen LogP contribution in [0.1, 0.15) is 12.0 Å². The molecule has 6 heteroatoms. The van der Waals surface area contributed by atoms with Gasteiger partial charge in [-0.2, -0.15) is 0 Å². The molecule has 0 aromatic carbocycles. The molecule has 0 amide bonds. The smallest absolute Gasteiger partial charge is 0.224 e. The van der Waals surface area contributed by atoms with Crippen LogP contribution in [0, 0.1) is 0 Å². The summed E-state index contributed by atoms with van der Waals surface area (Å²) in [5.74, 6) is 0.686. The number of hydrogen-bond acceptors (Lipinski definition) is 4. The molecule has 0 fully saturated rings. The van der Waals surface area contributed by atoms with Crippen LogP contribution in [0.5, 0.6) is 0 Å². The molecule has 1 rings (SSSR count). The molecular formula is C10H14N6. The van der Waals surface area contributed by atoms with Crippen LogP contribution in [0.25, 0.3) is 16.5 Å². The highest BCUT2D eigenvalue weighted by Gasteiger charge is 1.96. The molecule has 0 spiro atoms. The molecule has 0 bridgehead atoms. The van der Waals surface area contributed by atoms with Crippen molar-refractivity contribution < 1.29 is 0 Å². The van der Waals surface area contributed by atoms with E-state index in [2.05, 4.69) is 20.0 Å². The maximum atomic E-state index is 8.07. The molecule has 0 saturated carbocycles. The second kappa shape index (κ2) is 6.42. The monoisotopic (exact) mass is 218 g/mol. The van der Waals surface area contributed by atoms with Crippen molar-refractivity contribution >= 4 is 12.0 Å². The van der Waals surface area contributed by atoms with E-state index in [9.17, 15) is 0 Å². The van der Waals surface area contributed by atoms with Gasteiger partial charge in [0.05, 0.1) is 0 Å². The van der Waals surface area contributed by atoms with E-state index in [1.807, 2.05) is 31.1 Å². The van der Waals surface area contributed by atoms with E-state index >= 15 is 0 Å². The van der Waals surface area contributed by atoms with E-state index < -0.39 is 0 Å². The lowest BCUT2D eigenvalue weighted by Crippen LogP contribution is -2.12. The zero-order chi connectivity index (χ0) is 11.8. The average molecular weight is 218 g/mol. The van der Waals surface area contributed by atoms with E-state index in [0.29, 0.717) is 12.5 Å². The maximum absolute atomic E-state index is 8.07. The highest BCUT2D eigenvalue weighted by Crippen LogP contribution is 2.04. The molecule has 84 valence electrons. The Hall–Kier alpha value is -2.07. The molecule has 0 aliphatic heterocycles. The molecule has 16 heavy (non-hydrogen) atoms. The first-order valence-corrected chi connectivity index (χ1v) is 4.91. The molecular weight excluding hydrogens is 204 g/mol. The normalized spacial score (nSPS) is 10.1. The summed E-state index contributed by atoms with van der Waals surface area (Å²) in [6.07, 6.45) is 8.08. The Morgan fingerprint density at radius 1 is 1.44 bits per heavy atom. The number of azide groups is 1. The summed E-state index contributed by atoms with van der Waals surface area (Å²) in [5, 5.41) is 3.43. The van der Waals surface area contributed by atoms with Gasteiger partial charge in [0, 0.05) is 43.5 Å². The summed E-state index contributed by atoms with van der Waals surface area (Å²) in [5.41, 5.74) is 9.01. The van der Waals surface area contributed by atoms with Crippen molar-refractivity contribution in [2.45, 2.75) is 6.42 Å². The van der Waals surface area contributed by atoms with Crippen LogP contribution in [0.3, 0.4) is 0 Å². The molecule has 0 N–H and O–H groups in total. The molecule has 0 saturated heterocycles. The zero-order valence-corrected chi connectivity index (χ0v) is 9.41. The number of anilines is 1. The van der Waals surface area contributed by atoms with Crippen LogP contribution >= 0.6 is 0 Å². The van der Waals surface area contributed by atoms with Crippen LogP contribution in [-0.4, -0.2) is 30.6 Å². The van der Waals surface area contributed by atoms with Gasteiger partial charge < -0.3 is 4.90 Å². The van der Waals surface area contributed by atoms with Crippen LogP contribution < -0.4 is 4.90 Å². The number of nitrogens with zero attached hydrogens (tertiary/aromatic N) is 6. The third kappa shape index (κ3) is 3.98. The van der Waals surface area contributed by atoms with Crippen LogP contribution in [0.2, 0.25) is 0 Å². The SMILES string of the molecule is CN(C)c1ncc(C=CCCN=[N+]=[N-])cn1. The molecule has 6 nitrogen and oxygen atoms in total. The van der Waals surface area contributed by atoms with Gasteiger partial charge in [0.15, 0.2) is 0 Å². The van der Waals surface area contributed by atoms with E-state index in [1.54, 1.807) is 12.4 Å². The molecule has 1 aromatic rings. The highest BCUT2D eigenvalue weighted by molar-refractivity contribution is 5.47. The highest BCUT2D eigenvalue weighted by atomic mass is 15.2. The van der Waals surface area contributed by atoms with Crippen molar-refractivity contribution in [3.05, 3.63) is 34.5 Å². The van der Waals surface area contributed by atoms with Crippen molar-refractivity contribution in [3.63, 3.8) is 0 Å². The Bertz CT molecular complexity index is 388. The van der Waals surface area contributed by atoms with Gasteiger partial charge in [-0.3, -0.25) is 0 Å². The molecule has 0 atom stereocenters. The fourth-order valence-corrected chi connectivity index (χ4v) is 1.04. The Labute approximate surface area is 94.3 Å². The Morgan fingerprint density at radius 3 is 2.69 bits per heavy atom. The van der Waals surface area contributed by atoms with Crippen LogP contribution in [-0.2, 0) is 0 Å². The van der Waals surface area contributed by atoms with E-state index in [4.69, 9.17) is 5.53 Å². The maximum Gasteiger partial charge on any atom is 0.224 e. The van der Waals surface area contributed by atoms with Crippen LogP contribution in [0.15, 0.2) is 23.6 Å². The van der Waals surface area contributed by atoms with Crippen molar-refractivity contribution in [1.82, 2.24) is 9.97 Å². The van der Waals surface area contributed by atoms with Gasteiger partial charge in [0.25, 0.3) is 0 Å². The second-order valence-electron chi connectivity index (χ2n) is 3.36. The summed E-state index contributed by atoms with van der Waals surface area (Å²) in [6.45, 7) is 0.476. The third-order valence-electron chi connectivity index (χ3n) is 1.83. The van der Waals surface area contributed by atoms with Crippen molar-refractivity contribution in [2.75, 3.05) is 25.5 Å². The van der Waals surface area contributed by atoms with Crippen molar-refractivity contribution in [3.8, 4) is 0 Å². The summed E-state index contributed by atoms with van der Waals surface area (Å²) in [4.78, 5) is 12.9. The minimum Gasteiger partial charge on any atom is -0.347 e. The average Bonchev–Trinajstić information content (AvgIpc) is 2.29. The Morgan fingerprint density at radius 2 is 2.12 bits per heavy atom. The predicted molar refractivity (Wildman–Crippen MR) is 64.0 cm³/mol. The standard InChI is InChI=1S/C10H14N6/c1-16(2)10-12-7-9(8-13-10)5-3-4-6-14-15-11/h3,5,7-8H,4,6H2,1-2H3. The van der Waals surface area contributed by atoms with E-state index in [-0.39, 0.29) is 0 Å². The van der Waals surface area contributed by atoms with Gasteiger partial charge in [-0.05, 0) is 12.0 Å². The summed E-state index contributed by atoms with van der Waals surface area (Å²) in [6, 6.07) is 0. The van der Waals surface area contributed by atoms with Gasteiger partial charge in [0.1, 0.15) is 0 Å². The first kappa shape index (κ1) is 12.0. The Kier molecular flexibility index (Phi) is 4.82.